The zero-order valence-electron chi connectivity index (χ0n) is 12.4. The number of carbonyl (C=O) groups excluding carboxylic acids is 1. The Balaban J connectivity index is 2.59. The number of ether oxygens (including phenoxy) is 1. The van der Waals surface area contributed by atoms with Crippen molar-refractivity contribution in [3.8, 4) is 5.75 Å². The first kappa shape index (κ1) is 16.7. The second kappa shape index (κ2) is 8.04. The Morgan fingerprint density at radius 2 is 2.14 bits per heavy atom. The molecule has 0 saturated heterocycles. The summed E-state index contributed by atoms with van der Waals surface area (Å²) < 4.78 is 5.49. The smallest absolute Gasteiger partial charge is 0.328 e. The van der Waals surface area contributed by atoms with Crippen LogP contribution in [0.25, 0.3) is 6.08 Å². The highest BCUT2D eigenvalue weighted by Gasteiger charge is 2.16. The third-order valence-corrected chi connectivity index (χ3v) is 2.84. The second-order valence-electron chi connectivity index (χ2n) is 4.67. The summed E-state index contributed by atoms with van der Waals surface area (Å²) in [4.78, 5) is 26.3. The van der Waals surface area contributed by atoms with E-state index >= 15 is 0 Å². The van der Waals surface area contributed by atoms with Gasteiger partial charge in [0.15, 0.2) is 6.10 Å². The molecule has 2 atom stereocenters. The molecule has 0 aliphatic rings. The lowest BCUT2D eigenvalue weighted by Gasteiger charge is -2.17. The van der Waals surface area contributed by atoms with E-state index in [-0.39, 0.29) is 11.9 Å². The maximum atomic E-state index is 11.8. The predicted octanol–water partition coefficient (Wildman–Crippen LogP) is 1.86. The molecule has 6 nitrogen and oxygen atoms in total. The van der Waals surface area contributed by atoms with Crippen LogP contribution in [-0.4, -0.2) is 34.1 Å². The Bertz CT molecular complexity index is 511. The number of rotatable bonds is 7. The van der Waals surface area contributed by atoms with Gasteiger partial charge in [-0.3, -0.25) is 9.78 Å². The average Bonchev–Trinajstić information content (AvgIpc) is 2.46. The lowest BCUT2D eigenvalue weighted by molar-refractivity contribution is -0.131. The fourth-order valence-corrected chi connectivity index (χ4v) is 1.44. The molecule has 21 heavy (non-hydrogen) atoms. The van der Waals surface area contributed by atoms with Gasteiger partial charge in [0, 0.05) is 12.1 Å². The number of hydrogen-bond acceptors (Lipinski definition) is 4. The van der Waals surface area contributed by atoms with Crippen molar-refractivity contribution in [1.29, 1.82) is 0 Å². The maximum absolute atomic E-state index is 11.8. The van der Waals surface area contributed by atoms with Gasteiger partial charge >= 0.3 is 5.97 Å². The molecule has 1 rings (SSSR count). The van der Waals surface area contributed by atoms with Crippen LogP contribution in [-0.2, 0) is 9.59 Å². The van der Waals surface area contributed by atoms with Gasteiger partial charge in [0.1, 0.15) is 5.75 Å². The number of nitrogens with one attached hydrogen (secondary N) is 1. The van der Waals surface area contributed by atoms with E-state index in [9.17, 15) is 9.59 Å². The van der Waals surface area contributed by atoms with Gasteiger partial charge < -0.3 is 15.2 Å². The molecule has 1 aromatic rings. The Hall–Kier alpha value is -2.37. The second-order valence-corrected chi connectivity index (χ2v) is 4.67. The Morgan fingerprint density at radius 3 is 2.67 bits per heavy atom. The Kier molecular flexibility index (Phi) is 6.39. The average molecular weight is 292 g/mol. The van der Waals surface area contributed by atoms with Crippen LogP contribution in [0.1, 0.15) is 32.9 Å². The molecule has 1 aromatic heterocycles. The van der Waals surface area contributed by atoms with Gasteiger partial charge in [-0.2, -0.15) is 0 Å². The summed E-state index contributed by atoms with van der Waals surface area (Å²) in [5, 5.41) is 11.4. The van der Waals surface area contributed by atoms with Crippen molar-refractivity contribution in [2.24, 2.45) is 0 Å². The molecule has 0 fully saturated rings. The molecule has 1 amide bonds. The number of nitrogens with zero attached hydrogens (tertiary/aromatic N) is 1. The molecule has 0 spiro atoms. The standard InChI is InChI=1S/C15H20N2O4/c1-4-10(2)17-15(20)11(3)21-13-7-5-12(16-9-13)6-8-14(18)19/h5-11H,4H2,1-3H3,(H,17,20)(H,18,19). The molecule has 0 aliphatic heterocycles. The van der Waals surface area contributed by atoms with Gasteiger partial charge in [0.05, 0.1) is 11.9 Å². The van der Waals surface area contributed by atoms with Gasteiger partial charge in [-0.25, -0.2) is 4.79 Å². The lowest BCUT2D eigenvalue weighted by atomic mass is 10.2. The van der Waals surface area contributed by atoms with Crippen LogP contribution in [0, 0.1) is 0 Å². The monoisotopic (exact) mass is 292 g/mol. The molecule has 2 N–H and O–H groups in total. The van der Waals surface area contributed by atoms with E-state index in [0.29, 0.717) is 11.4 Å². The van der Waals surface area contributed by atoms with Gasteiger partial charge in [-0.05, 0) is 38.5 Å². The highest BCUT2D eigenvalue weighted by atomic mass is 16.5. The van der Waals surface area contributed by atoms with Crippen molar-refractivity contribution < 1.29 is 19.4 Å². The van der Waals surface area contributed by atoms with Crippen molar-refractivity contribution in [2.45, 2.75) is 39.3 Å². The minimum atomic E-state index is -1.03. The molecular formula is C15H20N2O4. The molecule has 0 bridgehead atoms. The summed E-state index contributed by atoms with van der Waals surface area (Å²) in [6.45, 7) is 5.58. The number of amides is 1. The molecule has 1 heterocycles. The summed E-state index contributed by atoms with van der Waals surface area (Å²) in [5.41, 5.74) is 0.501. The van der Waals surface area contributed by atoms with E-state index in [1.165, 1.54) is 12.3 Å². The van der Waals surface area contributed by atoms with Gasteiger partial charge in [0.25, 0.3) is 5.91 Å². The zero-order valence-corrected chi connectivity index (χ0v) is 12.4. The van der Waals surface area contributed by atoms with E-state index < -0.39 is 12.1 Å². The van der Waals surface area contributed by atoms with Crippen molar-refractivity contribution in [2.75, 3.05) is 0 Å². The van der Waals surface area contributed by atoms with E-state index in [1.807, 2.05) is 13.8 Å². The zero-order chi connectivity index (χ0) is 15.8. The number of carboxylic acid groups (broad SMARTS) is 1. The number of aromatic nitrogens is 1. The SMILES string of the molecule is CCC(C)NC(=O)C(C)Oc1ccc(C=CC(=O)O)nc1. The molecule has 0 aliphatic carbocycles. The van der Waals surface area contributed by atoms with Gasteiger partial charge in [0.2, 0.25) is 0 Å². The third kappa shape index (κ3) is 6.07. The fraction of sp³-hybridized carbons (Fsp3) is 0.400. The third-order valence-electron chi connectivity index (χ3n) is 2.84. The first-order valence-electron chi connectivity index (χ1n) is 6.76. The molecule has 114 valence electrons. The van der Waals surface area contributed by atoms with E-state index in [1.54, 1.807) is 19.1 Å². The summed E-state index contributed by atoms with van der Waals surface area (Å²) in [5.74, 6) is -0.763. The van der Waals surface area contributed by atoms with Crippen molar-refractivity contribution in [3.63, 3.8) is 0 Å². The number of pyridine rings is 1. The maximum Gasteiger partial charge on any atom is 0.328 e. The number of carbonyl (C=O) groups is 2. The van der Waals surface area contributed by atoms with Crippen LogP contribution in [0.15, 0.2) is 24.4 Å². The van der Waals surface area contributed by atoms with Gasteiger partial charge in [-0.1, -0.05) is 6.92 Å². The fourth-order valence-electron chi connectivity index (χ4n) is 1.44. The molecule has 2 unspecified atom stereocenters. The quantitative estimate of drug-likeness (QED) is 0.749. The largest absolute Gasteiger partial charge is 0.479 e. The van der Waals surface area contributed by atoms with Gasteiger partial charge in [-0.15, -0.1) is 0 Å². The molecule has 0 saturated carbocycles. The van der Waals surface area contributed by atoms with Crippen molar-refractivity contribution >= 4 is 18.0 Å². The van der Waals surface area contributed by atoms with E-state index in [0.717, 1.165) is 12.5 Å². The van der Waals surface area contributed by atoms with Crippen LogP contribution in [0.5, 0.6) is 5.75 Å². The number of aliphatic carboxylic acids is 1. The van der Waals surface area contributed by atoms with Crippen LogP contribution in [0.3, 0.4) is 0 Å². The summed E-state index contributed by atoms with van der Waals surface area (Å²) >= 11 is 0. The number of carboxylic acids is 1. The first-order valence-corrected chi connectivity index (χ1v) is 6.76. The number of hydrogen-bond donors (Lipinski definition) is 2. The van der Waals surface area contributed by atoms with E-state index in [2.05, 4.69) is 10.3 Å². The molecule has 0 radical (unpaired) electrons. The topological polar surface area (TPSA) is 88.5 Å². The molecule has 6 heteroatoms. The Morgan fingerprint density at radius 1 is 1.43 bits per heavy atom. The van der Waals surface area contributed by atoms with E-state index in [4.69, 9.17) is 9.84 Å². The van der Waals surface area contributed by atoms with Crippen LogP contribution < -0.4 is 10.1 Å². The summed E-state index contributed by atoms with van der Waals surface area (Å²) in [7, 11) is 0. The highest BCUT2D eigenvalue weighted by molar-refractivity contribution is 5.84. The highest BCUT2D eigenvalue weighted by Crippen LogP contribution is 2.12. The molecule has 0 aromatic carbocycles. The lowest BCUT2D eigenvalue weighted by Crippen LogP contribution is -2.40. The van der Waals surface area contributed by atoms with Crippen molar-refractivity contribution in [1.82, 2.24) is 10.3 Å². The first-order chi connectivity index (χ1) is 9.92. The minimum absolute atomic E-state index is 0.102. The van der Waals surface area contributed by atoms with Crippen LogP contribution in [0.2, 0.25) is 0 Å². The minimum Gasteiger partial charge on any atom is -0.479 e. The van der Waals surface area contributed by atoms with Crippen LogP contribution >= 0.6 is 0 Å². The normalized spacial score (nSPS) is 13.7. The van der Waals surface area contributed by atoms with Crippen LogP contribution in [0.4, 0.5) is 0 Å². The summed E-state index contributed by atoms with van der Waals surface area (Å²) in [6, 6.07) is 3.36. The van der Waals surface area contributed by atoms with Crippen molar-refractivity contribution in [3.05, 3.63) is 30.1 Å². The Labute approximate surface area is 123 Å². The predicted molar refractivity (Wildman–Crippen MR) is 78.9 cm³/mol. The molecular weight excluding hydrogens is 272 g/mol. The summed E-state index contributed by atoms with van der Waals surface area (Å²) in [6.07, 6.45) is 4.07.